The first-order valence-electron chi connectivity index (χ1n) is 8.74. The number of nitrogens with two attached hydrogens (primary N) is 1. The Kier molecular flexibility index (Phi) is 4.65. The van der Waals surface area contributed by atoms with Crippen molar-refractivity contribution in [3.63, 3.8) is 0 Å². The fraction of sp³-hybridized carbons (Fsp3) is 0.318. The molecule has 0 radical (unpaired) electrons. The highest BCUT2D eigenvalue weighted by Gasteiger charge is 2.56. The maximum atomic E-state index is 12.6. The Balaban J connectivity index is 2.18. The maximum Gasteiger partial charge on any atom is 0.239 e. The van der Waals surface area contributed by atoms with E-state index in [0.29, 0.717) is 0 Å². The number of hydrogen-bond acceptors (Lipinski definition) is 3. The molecule has 0 saturated heterocycles. The van der Waals surface area contributed by atoms with E-state index >= 15 is 0 Å². The van der Waals surface area contributed by atoms with Crippen LogP contribution in [-0.2, 0) is 9.59 Å². The van der Waals surface area contributed by atoms with Crippen LogP contribution in [0.5, 0.6) is 0 Å². The van der Waals surface area contributed by atoms with Gasteiger partial charge in [0.15, 0.2) is 0 Å². The van der Waals surface area contributed by atoms with E-state index in [9.17, 15) is 14.9 Å². The molecular formula is C22H22N2O2. The van der Waals surface area contributed by atoms with Crippen LogP contribution in [0.25, 0.3) is 0 Å². The van der Waals surface area contributed by atoms with Gasteiger partial charge < -0.3 is 5.73 Å². The second-order valence-electron chi connectivity index (χ2n) is 7.22. The number of nitrogens with zero attached hydrogens (tertiary/aromatic N) is 1. The molecule has 0 unspecified atom stereocenters. The Morgan fingerprint density at radius 3 is 1.65 bits per heavy atom. The topological polar surface area (TPSA) is 83.9 Å². The highest BCUT2D eigenvalue weighted by molar-refractivity contribution is 5.92. The smallest absolute Gasteiger partial charge is 0.239 e. The number of primary amides is 1. The molecule has 0 aromatic heterocycles. The summed E-state index contributed by atoms with van der Waals surface area (Å²) in [6.45, 7) is 3.94. The van der Waals surface area contributed by atoms with Gasteiger partial charge in [-0.3, -0.25) is 9.59 Å². The summed E-state index contributed by atoms with van der Waals surface area (Å²) in [5.74, 6) is -1.70. The number of hydrogen-bond donors (Lipinski definition) is 1. The number of Topliss-reactive ketones (excluding diaryl/α,β-unsaturated/α-hetero) is 1. The number of ketones is 1. The first kappa shape index (κ1) is 17.9. The predicted octanol–water partition coefficient (Wildman–Crippen LogP) is 3.53. The van der Waals surface area contributed by atoms with Crippen molar-refractivity contribution in [3.05, 3.63) is 70.8 Å². The fourth-order valence-electron chi connectivity index (χ4n) is 4.02. The fourth-order valence-corrected chi connectivity index (χ4v) is 4.02. The summed E-state index contributed by atoms with van der Waals surface area (Å²) in [7, 11) is 0. The van der Waals surface area contributed by atoms with Gasteiger partial charge in [0.1, 0.15) is 11.2 Å². The summed E-state index contributed by atoms with van der Waals surface area (Å²) in [5.41, 5.74) is 8.12. The molecule has 0 bridgehead atoms. The van der Waals surface area contributed by atoms with Crippen LogP contribution in [0.3, 0.4) is 0 Å². The minimum absolute atomic E-state index is 0.0493. The van der Waals surface area contributed by atoms with Crippen molar-refractivity contribution in [2.24, 2.45) is 11.1 Å². The molecule has 0 aliphatic heterocycles. The molecule has 2 atom stereocenters. The van der Waals surface area contributed by atoms with Gasteiger partial charge in [-0.25, -0.2) is 0 Å². The van der Waals surface area contributed by atoms with E-state index in [1.807, 2.05) is 62.4 Å². The summed E-state index contributed by atoms with van der Waals surface area (Å²) in [4.78, 5) is 25.1. The summed E-state index contributed by atoms with van der Waals surface area (Å²) in [5, 5.41) is 10.1. The lowest BCUT2D eigenvalue weighted by molar-refractivity contribution is -0.132. The number of nitriles is 1. The summed E-state index contributed by atoms with van der Waals surface area (Å²) < 4.78 is 0. The summed E-state index contributed by atoms with van der Waals surface area (Å²) in [6.07, 6.45) is 0.309. The Bertz CT molecular complexity index is 818. The number of rotatable bonds is 3. The molecule has 1 amide bonds. The van der Waals surface area contributed by atoms with Gasteiger partial charge in [-0.2, -0.15) is 5.26 Å². The molecule has 4 nitrogen and oxygen atoms in total. The van der Waals surface area contributed by atoms with Crippen LogP contribution in [0.2, 0.25) is 0 Å². The van der Waals surface area contributed by atoms with E-state index in [2.05, 4.69) is 6.07 Å². The lowest BCUT2D eigenvalue weighted by atomic mass is 9.56. The highest BCUT2D eigenvalue weighted by atomic mass is 16.1. The molecule has 2 aromatic rings. The second kappa shape index (κ2) is 6.76. The first-order chi connectivity index (χ1) is 12.4. The molecule has 2 aromatic carbocycles. The Labute approximate surface area is 153 Å². The SMILES string of the molecule is Cc1ccc([C@H]2CC(=O)C[C@H](c3ccc(C)cc3)C2(C#N)C(N)=O)cc1. The normalized spacial score (nSPS) is 21.8. The average Bonchev–Trinajstić information content (AvgIpc) is 2.62. The molecule has 132 valence electrons. The van der Waals surface area contributed by atoms with E-state index in [1.54, 1.807) is 0 Å². The van der Waals surface area contributed by atoms with Crippen molar-refractivity contribution >= 4 is 11.7 Å². The third kappa shape index (κ3) is 2.90. The van der Waals surface area contributed by atoms with Crippen LogP contribution in [0.4, 0.5) is 0 Å². The lowest BCUT2D eigenvalue weighted by Crippen LogP contribution is -2.49. The van der Waals surface area contributed by atoms with Gasteiger partial charge in [0.25, 0.3) is 0 Å². The molecule has 1 aliphatic rings. The molecule has 26 heavy (non-hydrogen) atoms. The van der Waals surface area contributed by atoms with Crippen molar-refractivity contribution in [1.29, 1.82) is 5.26 Å². The average molecular weight is 346 g/mol. The van der Waals surface area contributed by atoms with Gasteiger partial charge in [0, 0.05) is 24.7 Å². The number of carbonyl (C=O) groups is 2. The molecule has 1 fully saturated rings. The molecule has 1 saturated carbocycles. The molecule has 2 N–H and O–H groups in total. The van der Waals surface area contributed by atoms with Crippen LogP contribution < -0.4 is 5.73 Å². The molecular weight excluding hydrogens is 324 g/mol. The minimum atomic E-state index is -1.45. The van der Waals surface area contributed by atoms with Gasteiger partial charge in [-0.1, -0.05) is 59.7 Å². The van der Waals surface area contributed by atoms with Gasteiger partial charge in [0.05, 0.1) is 6.07 Å². The number of carbonyl (C=O) groups excluding carboxylic acids is 2. The van der Waals surface area contributed by atoms with Crippen molar-refractivity contribution in [3.8, 4) is 6.07 Å². The van der Waals surface area contributed by atoms with Crippen LogP contribution in [-0.4, -0.2) is 11.7 Å². The number of amides is 1. The standard InChI is InChI=1S/C22H22N2O2/c1-14-3-7-16(8-4-14)19-11-18(25)12-20(22(19,13-23)21(24)26)17-9-5-15(2)6-10-17/h3-10,19-20H,11-12H2,1-2H3,(H2,24,26)/t19-,20-/m1/s1. The minimum Gasteiger partial charge on any atom is -0.368 e. The Morgan fingerprint density at radius 1 is 0.962 bits per heavy atom. The van der Waals surface area contributed by atoms with Crippen LogP contribution in [0.1, 0.15) is 46.9 Å². The van der Waals surface area contributed by atoms with Gasteiger partial charge in [0.2, 0.25) is 5.91 Å². The third-order valence-corrected chi connectivity index (χ3v) is 5.52. The predicted molar refractivity (Wildman–Crippen MR) is 99.3 cm³/mol. The van der Waals surface area contributed by atoms with Gasteiger partial charge in [-0.15, -0.1) is 0 Å². The van der Waals surface area contributed by atoms with Crippen molar-refractivity contribution in [1.82, 2.24) is 0 Å². The quantitative estimate of drug-likeness (QED) is 0.922. The lowest BCUT2D eigenvalue weighted by Gasteiger charge is -2.42. The summed E-state index contributed by atoms with van der Waals surface area (Å²) in [6, 6.07) is 17.5. The van der Waals surface area contributed by atoms with Crippen molar-refractivity contribution < 1.29 is 9.59 Å². The monoisotopic (exact) mass is 346 g/mol. The molecule has 0 spiro atoms. The van der Waals surface area contributed by atoms with Gasteiger partial charge >= 0.3 is 0 Å². The largest absolute Gasteiger partial charge is 0.368 e. The zero-order valence-corrected chi connectivity index (χ0v) is 15.0. The van der Waals surface area contributed by atoms with E-state index in [-0.39, 0.29) is 18.6 Å². The zero-order valence-electron chi connectivity index (χ0n) is 15.0. The van der Waals surface area contributed by atoms with Gasteiger partial charge in [-0.05, 0) is 25.0 Å². The van der Waals surface area contributed by atoms with E-state index in [1.165, 1.54) is 0 Å². The van der Waals surface area contributed by atoms with E-state index in [0.717, 1.165) is 22.3 Å². The molecule has 0 heterocycles. The Morgan fingerprint density at radius 2 is 1.35 bits per heavy atom. The Hall–Kier alpha value is -2.93. The van der Waals surface area contributed by atoms with Crippen LogP contribution in [0.15, 0.2) is 48.5 Å². The zero-order chi connectivity index (χ0) is 18.9. The number of benzene rings is 2. The van der Waals surface area contributed by atoms with Crippen LogP contribution >= 0.6 is 0 Å². The van der Waals surface area contributed by atoms with Crippen LogP contribution in [0, 0.1) is 30.6 Å². The highest BCUT2D eigenvalue weighted by Crippen LogP contribution is 2.53. The maximum absolute atomic E-state index is 12.6. The van der Waals surface area contributed by atoms with E-state index in [4.69, 9.17) is 5.73 Å². The molecule has 3 rings (SSSR count). The molecule has 1 aliphatic carbocycles. The number of aryl methyl sites for hydroxylation is 2. The first-order valence-corrected chi connectivity index (χ1v) is 8.74. The van der Waals surface area contributed by atoms with Crippen molar-refractivity contribution in [2.75, 3.05) is 0 Å². The molecule has 4 heteroatoms. The van der Waals surface area contributed by atoms with E-state index < -0.39 is 23.2 Å². The third-order valence-electron chi connectivity index (χ3n) is 5.52. The van der Waals surface area contributed by atoms with Crippen molar-refractivity contribution in [2.45, 2.75) is 38.5 Å². The second-order valence-corrected chi connectivity index (χ2v) is 7.22. The summed E-state index contributed by atoms with van der Waals surface area (Å²) >= 11 is 0.